The average Bonchev–Trinajstić information content (AvgIpc) is 3.34. The van der Waals surface area contributed by atoms with Gasteiger partial charge in [-0.25, -0.2) is 0 Å². The van der Waals surface area contributed by atoms with Gasteiger partial charge < -0.3 is 14.2 Å². The lowest BCUT2D eigenvalue weighted by Gasteiger charge is -2.16. The maximum absolute atomic E-state index is 12.4. The number of ether oxygens (including phenoxy) is 1. The van der Waals surface area contributed by atoms with Crippen molar-refractivity contribution in [1.29, 1.82) is 0 Å². The number of carbonyl (C=O) groups excluding carboxylic acids is 1. The third kappa shape index (κ3) is 2.77. The van der Waals surface area contributed by atoms with Crippen LogP contribution in [0.15, 0.2) is 28.8 Å². The standard InChI is InChI=1S/C18H21N3O3/c1-23-15-8-6-14(7-9-15)21-11-13(10-16(21)22)17-19-18(24-20-17)12-4-2-3-5-12/h6-9,12-13H,2-5,10-11H2,1H3/t13-/m1/s1. The summed E-state index contributed by atoms with van der Waals surface area (Å²) >= 11 is 0. The van der Waals surface area contributed by atoms with Gasteiger partial charge in [-0.05, 0) is 37.1 Å². The molecule has 0 bridgehead atoms. The highest BCUT2D eigenvalue weighted by Gasteiger charge is 2.35. The van der Waals surface area contributed by atoms with Crippen LogP contribution in [0.5, 0.6) is 5.75 Å². The van der Waals surface area contributed by atoms with Gasteiger partial charge in [0.05, 0.1) is 7.11 Å². The van der Waals surface area contributed by atoms with E-state index in [0.29, 0.717) is 24.7 Å². The summed E-state index contributed by atoms with van der Waals surface area (Å²) < 4.78 is 10.6. The Kier molecular flexibility index (Phi) is 3.96. The van der Waals surface area contributed by atoms with Crippen LogP contribution in [0, 0.1) is 0 Å². The Morgan fingerprint density at radius 3 is 2.62 bits per heavy atom. The normalized spacial score (nSPS) is 21.6. The fourth-order valence-electron chi connectivity index (χ4n) is 3.64. The van der Waals surface area contributed by atoms with Crippen LogP contribution in [0.25, 0.3) is 0 Å². The highest BCUT2D eigenvalue weighted by molar-refractivity contribution is 5.96. The van der Waals surface area contributed by atoms with Gasteiger partial charge in [0, 0.05) is 30.5 Å². The van der Waals surface area contributed by atoms with Crippen LogP contribution in [0.2, 0.25) is 0 Å². The van der Waals surface area contributed by atoms with E-state index in [1.807, 2.05) is 24.3 Å². The van der Waals surface area contributed by atoms with E-state index in [1.165, 1.54) is 12.8 Å². The lowest BCUT2D eigenvalue weighted by Crippen LogP contribution is -2.24. The van der Waals surface area contributed by atoms with Crippen molar-refractivity contribution >= 4 is 11.6 Å². The van der Waals surface area contributed by atoms with Crippen LogP contribution in [0.1, 0.15) is 55.7 Å². The number of benzene rings is 1. The molecule has 6 heteroatoms. The van der Waals surface area contributed by atoms with Crippen molar-refractivity contribution in [3.05, 3.63) is 36.0 Å². The third-order valence-corrected chi connectivity index (χ3v) is 5.04. The van der Waals surface area contributed by atoms with E-state index in [1.54, 1.807) is 12.0 Å². The molecule has 2 aliphatic rings. The zero-order chi connectivity index (χ0) is 16.5. The molecule has 2 aromatic rings. The smallest absolute Gasteiger partial charge is 0.229 e. The van der Waals surface area contributed by atoms with Crippen molar-refractivity contribution < 1.29 is 14.1 Å². The van der Waals surface area contributed by atoms with Crippen LogP contribution in [-0.2, 0) is 4.79 Å². The lowest BCUT2D eigenvalue weighted by molar-refractivity contribution is -0.117. The molecule has 126 valence electrons. The van der Waals surface area contributed by atoms with Crippen LogP contribution in [0.3, 0.4) is 0 Å². The summed E-state index contributed by atoms with van der Waals surface area (Å²) in [6.45, 7) is 0.592. The number of nitrogens with zero attached hydrogens (tertiary/aromatic N) is 3. The first-order valence-corrected chi connectivity index (χ1v) is 8.52. The molecule has 1 aromatic heterocycles. The monoisotopic (exact) mass is 327 g/mol. The highest BCUT2D eigenvalue weighted by Crippen LogP contribution is 2.35. The van der Waals surface area contributed by atoms with E-state index in [2.05, 4.69) is 10.1 Å². The molecule has 24 heavy (non-hydrogen) atoms. The molecule has 4 rings (SSSR count). The molecule has 6 nitrogen and oxygen atoms in total. The number of rotatable bonds is 4. The van der Waals surface area contributed by atoms with E-state index >= 15 is 0 Å². The molecular formula is C18H21N3O3. The predicted molar refractivity (Wildman–Crippen MR) is 88.2 cm³/mol. The van der Waals surface area contributed by atoms with Gasteiger partial charge in [0.25, 0.3) is 0 Å². The van der Waals surface area contributed by atoms with E-state index < -0.39 is 0 Å². The number of amides is 1. The minimum Gasteiger partial charge on any atom is -0.497 e. The second-order valence-corrected chi connectivity index (χ2v) is 6.58. The van der Waals surface area contributed by atoms with E-state index in [0.717, 1.165) is 30.2 Å². The minimum atomic E-state index is -0.00138. The first kappa shape index (κ1) is 15.2. The number of carbonyl (C=O) groups is 1. The summed E-state index contributed by atoms with van der Waals surface area (Å²) in [6, 6.07) is 7.53. The topological polar surface area (TPSA) is 68.5 Å². The van der Waals surface area contributed by atoms with Gasteiger partial charge >= 0.3 is 0 Å². The fourth-order valence-corrected chi connectivity index (χ4v) is 3.64. The second-order valence-electron chi connectivity index (χ2n) is 6.58. The molecule has 1 amide bonds. The average molecular weight is 327 g/mol. The van der Waals surface area contributed by atoms with Crippen LogP contribution in [-0.4, -0.2) is 29.7 Å². The van der Waals surface area contributed by atoms with Gasteiger partial charge in [-0.2, -0.15) is 4.98 Å². The molecular weight excluding hydrogens is 306 g/mol. The Labute approximate surface area is 140 Å². The van der Waals surface area contributed by atoms with Crippen molar-refractivity contribution in [3.8, 4) is 5.75 Å². The zero-order valence-corrected chi connectivity index (χ0v) is 13.8. The maximum Gasteiger partial charge on any atom is 0.229 e. The van der Waals surface area contributed by atoms with Crippen molar-refractivity contribution in [1.82, 2.24) is 10.1 Å². The predicted octanol–water partition coefficient (Wildman–Crippen LogP) is 3.26. The number of aromatic nitrogens is 2. The molecule has 1 aromatic carbocycles. The molecule has 1 aliphatic heterocycles. The van der Waals surface area contributed by atoms with Crippen LogP contribution < -0.4 is 9.64 Å². The first-order valence-electron chi connectivity index (χ1n) is 8.52. The largest absolute Gasteiger partial charge is 0.497 e. The van der Waals surface area contributed by atoms with Gasteiger partial charge in [-0.1, -0.05) is 18.0 Å². The van der Waals surface area contributed by atoms with Gasteiger partial charge in [0.1, 0.15) is 5.75 Å². The van der Waals surface area contributed by atoms with Crippen molar-refractivity contribution in [2.75, 3.05) is 18.6 Å². The summed E-state index contributed by atoms with van der Waals surface area (Å²) in [4.78, 5) is 18.8. The van der Waals surface area contributed by atoms with Crippen molar-refractivity contribution in [2.24, 2.45) is 0 Å². The number of anilines is 1. The van der Waals surface area contributed by atoms with E-state index in [-0.39, 0.29) is 11.8 Å². The van der Waals surface area contributed by atoms with Crippen LogP contribution >= 0.6 is 0 Å². The Morgan fingerprint density at radius 2 is 1.92 bits per heavy atom. The molecule has 1 saturated heterocycles. The number of hydrogen-bond donors (Lipinski definition) is 0. The molecule has 1 atom stereocenters. The van der Waals surface area contributed by atoms with Gasteiger partial charge in [0.15, 0.2) is 5.82 Å². The maximum atomic E-state index is 12.4. The summed E-state index contributed by atoms with van der Waals surface area (Å²) in [6.07, 6.45) is 5.15. The minimum absolute atomic E-state index is 0.00138. The molecule has 2 fully saturated rings. The van der Waals surface area contributed by atoms with Crippen LogP contribution in [0.4, 0.5) is 5.69 Å². The summed E-state index contributed by atoms with van der Waals surface area (Å²) in [5.41, 5.74) is 0.878. The molecule has 0 radical (unpaired) electrons. The number of hydrogen-bond acceptors (Lipinski definition) is 5. The summed E-state index contributed by atoms with van der Waals surface area (Å²) in [5.74, 6) is 2.69. The zero-order valence-electron chi connectivity index (χ0n) is 13.8. The Balaban J connectivity index is 1.49. The Morgan fingerprint density at radius 1 is 1.17 bits per heavy atom. The van der Waals surface area contributed by atoms with Crippen molar-refractivity contribution in [2.45, 2.75) is 43.9 Å². The van der Waals surface area contributed by atoms with Gasteiger partial charge in [0.2, 0.25) is 11.8 Å². The SMILES string of the molecule is COc1ccc(N2C[C@H](c3noc(C4CCCC4)n3)CC2=O)cc1. The number of methoxy groups -OCH3 is 1. The lowest BCUT2D eigenvalue weighted by atomic mass is 10.1. The Hall–Kier alpha value is -2.37. The fraction of sp³-hybridized carbons (Fsp3) is 0.500. The molecule has 1 aliphatic carbocycles. The molecule has 2 heterocycles. The molecule has 1 saturated carbocycles. The van der Waals surface area contributed by atoms with Gasteiger partial charge in [-0.3, -0.25) is 4.79 Å². The summed E-state index contributed by atoms with van der Waals surface area (Å²) in [5, 5.41) is 4.15. The first-order chi connectivity index (χ1) is 11.7. The third-order valence-electron chi connectivity index (χ3n) is 5.04. The van der Waals surface area contributed by atoms with E-state index in [9.17, 15) is 4.79 Å². The highest BCUT2D eigenvalue weighted by atomic mass is 16.5. The molecule has 0 unspecified atom stereocenters. The Bertz CT molecular complexity index is 719. The van der Waals surface area contributed by atoms with Gasteiger partial charge in [-0.15, -0.1) is 0 Å². The quantitative estimate of drug-likeness (QED) is 0.862. The summed E-state index contributed by atoms with van der Waals surface area (Å²) in [7, 11) is 1.63. The molecule has 0 spiro atoms. The van der Waals surface area contributed by atoms with E-state index in [4.69, 9.17) is 9.26 Å². The second kappa shape index (κ2) is 6.26. The van der Waals surface area contributed by atoms with Crippen molar-refractivity contribution in [3.63, 3.8) is 0 Å². The molecule has 0 N–H and O–H groups in total.